The van der Waals surface area contributed by atoms with Crippen LogP contribution in [0.3, 0.4) is 0 Å². The topological polar surface area (TPSA) is 88.6 Å². The van der Waals surface area contributed by atoms with E-state index in [0.29, 0.717) is 46.0 Å². The lowest BCUT2D eigenvalue weighted by atomic mass is 10.2. The zero-order chi connectivity index (χ0) is 21.8. The molecule has 0 aliphatic rings. The number of aromatic nitrogens is 3. The molecule has 8 nitrogen and oxygen atoms in total. The molecule has 0 atom stereocenters. The van der Waals surface area contributed by atoms with E-state index < -0.39 is 5.76 Å². The predicted octanol–water partition coefficient (Wildman–Crippen LogP) is 4.26. The quantitative estimate of drug-likeness (QED) is 0.389. The molecule has 0 saturated heterocycles. The van der Waals surface area contributed by atoms with Crippen molar-refractivity contribution in [3.8, 4) is 28.6 Å². The minimum absolute atomic E-state index is 0.212. The molecule has 0 unspecified atom stereocenters. The molecule has 10 heteroatoms. The first kappa shape index (κ1) is 21.0. The summed E-state index contributed by atoms with van der Waals surface area (Å²) in [5, 5.41) is 7.22. The van der Waals surface area contributed by atoms with E-state index in [-0.39, 0.29) is 6.54 Å². The molecule has 4 aromatic rings. The van der Waals surface area contributed by atoms with Crippen molar-refractivity contribution < 1.29 is 18.7 Å². The Morgan fingerprint density at radius 1 is 1.10 bits per heavy atom. The number of nitrogens with zero attached hydrogens (tertiary/aromatic N) is 3. The van der Waals surface area contributed by atoms with E-state index in [4.69, 9.17) is 30.3 Å². The maximum absolute atomic E-state index is 12.3. The molecule has 2 heterocycles. The second-order valence-corrected chi connectivity index (χ2v) is 7.78. The fourth-order valence-corrected chi connectivity index (χ4v) is 3.74. The van der Waals surface area contributed by atoms with Gasteiger partial charge in [-0.25, -0.2) is 9.78 Å². The summed E-state index contributed by atoms with van der Waals surface area (Å²) in [6, 6.07) is 12.4. The molecule has 160 valence electrons. The van der Waals surface area contributed by atoms with E-state index in [1.54, 1.807) is 56.7 Å². The monoisotopic (exact) mass is 459 g/mol. The van der Waals surface area contributed by atoms with Crippen molar-refractivity contribution in [3.05, 3.63) is 74.1 Å². The average Bonchev–Trinajstić information content (AvgIpc) is 3.39. The summed E-state index contributed by atoms with van der Waals surface area (Å²) < 4.78 is 22.6. The molecule has 0 radical (unpaired) electrons. The van der Waals surface area contributed by atoms with E-state index in [2.05, 4.69) is 10.1 Å². The number of benzene rings is 2. The molecule has 0 aliphatic heterocycles. The molecular weight excluding hydrogens is 442 g/mol. The summed E-state index contributed by atoms with van der Waals surface area (Å²) in [6.07, 6.45) is 0. The zero-order valence-electron chi connectivity index (χ0n) is 16.7. The third-order valence-corrected chi connectivity index (χ3v) is 5.55. The maximum Gasteiger partial charge on any atom is 0.442 e. The van der Waals surface area contributed by atoms with Crippen molar-refractivity contribution in [1.82, 2.24) is 14.7 Å². The van der Waals surface area contributed by atoms with Gasteiger partial charge in [0.25, 0.3) is 0 Å². The van der Waals surface area contributed by atoms with Gasteiger partial charge in [-0.3, -0.25) is 9.09 Å². The SMILES string of the molecule is COc1ccc(-c2noc(=O)n2Cc2csc(COc3ccc(Cl)cc3)n2)cc1OC. The molecule has 0 amide bonds. The van der Waals surface area contributed by atoms with E-state index in [1.807, 2.05) is 5.38 Å². The number of thiazole rings is 1. The Morgan fingerprint density at radius 2 is 1.87 bits per heavy atom. The molecule has 0 aliphatic carbocycles. The highest BCUT2D eigenvalue weighted by Gasteiger charge is 2.17. The first-order valence-corrected chi connectivity index (χ1v) is 10.4. The van der Waals surface area contributed by atoms with Gasteiger partial charge in [-0.1, -0.05) is 16.8 Å². The Kier molecular flexibility index (Phi) is 6.24. The lowest BCUT2D eigenvalue weighted by molar-refractivity contribution is 0.305. The highest BCUT2D eigenvalue weighted by Crippen LogP contribution is 2.31. The van der Waals surface area contributed by atoms with Crippen molar-refractivity contribution in [2.24, 2.45) is 0 Å². The highest BCUT2D eigenvalue weighted by atomic mass is 35.5. The van der Waals surface area contributed by atoms with Crippen LogP contribution >= 0.6 is 22.9 Å². The Bertz CT molecular complexity index is 1230. The first-order valence-electron chi connectivity index (χ1n) is 9.18. The zero-order valence-corrected chi connectivity index (χ0v) is 18.3. The van der Waals surface area contributed by atoms with Gasteiger partial charge in [0, 0.05) is 16.0 Å². The van der Waals surface area contributed by atoms with E-state index in [0.717, 1.165) is 5.01 Å². The number of ether oxygens (including phenoxy) is 3. The van der Waals surface area contributed by atoms with Gasteiger partial charge in [-0.2, -0.15) is 0 Å². The van der Waals surface area contributed by atoms with Crippen LogP contribution in [0.4, 0.5) is 0 Å². The number of methoxy groups -OCH3 is 2. The molecule has 0 saturated carbocycles. The van der Waals surface area contributed by atoms with Crippen LogP contribution in [0.5, 0.6) is 17.2 Å². The van der Waals surface area contributed by atoms with Gasteiger partial charge in [0.15, 0.2) is 17.3 Å². The van der Waals surface area contributed by atoms with Crippen LogP contribution in [0.1, 0.15) is 10.7 Å². The van der Waals surface area contributed by atoms with Crippen molar-refractivity contribution in [3.63, 3.8) is 0 Å². The van der Waals surface area contributed by atoms with E-state index in [9.17, 15) is 4.79 Å². The standard InChI is InChI=1S/C21H18ClN3O5S/c1-27-17-8-3-13(9-18(17)28-2)20-24-30-21(26)25(20)10-15-12-31-19(23-15)11-29-16-6-4-14(22)5-7-16/h3-9,12H,10-11H2,1-2H3. The molecule has 0 bridgehead atoms. The molecule has 31 heavy (non-hydrogen) atoms. The smallest absolute Gasteiger partial charge is 0.442 e. The fourth-order valence-electron chi connectivity index (χ4n) is 2.92. The molecular formula is C21H18ClN3O5S. The van der Waals surface area contributed by atoms with Crippen molar-refractivity contribution in [2.45, 2.75) is 13.2 Å². The number of rotatable bonds is 8. The van der Waals surface area contributed by atoms with E-state index in [1.165, 1.54) is 15.9 Å². The van der Waals surface area contributed by atoms with Crippen molar-refractivity contribution in [2.75, 3.05) is 14.2 Å². The molecule has 0 fully saturated rings. The summed E-state index contributed by atoms with van der Waals surface area (Å²) in [5.41, 5.74) is 1.36. The third kappa shape index (κ3) is 4.73. The summed E-state index contributed by atoms with van der Waals surface area (Å²) >= 11 is 7.33. The number of halogens is 1. The van der Waals surface area contributed by atoms with Crippen molar-refractivity contribution in [1.29, 1.82) is 0 Å². The molecule has 4 rings (SSSR count). The summed E-state index contributed by atoms with van der Waals surface area (Å²) in [7, 11) is 3.10. The lowest BCUT2D eigenvalue weighted by Crippen LogP contribution is -2.16. The summed E-state index contributed by atoms with van der Waals surface area (Å²) in [6.45, 7) is 0.525. The summed E-state index contributed by atoms with van der Waals surface area (Å²) in [4.78, 5) is 16.8. The van der Waals surface area contributed by atoms with E-state index >= 15 is 0 Å². The average molecular weight is 460 g/mol. The molecule has 2 aromatic carbocycles. The van der Waals surface area contributed by atoms with Crippen LogP contribution in [0, 0.1) is 0 Å². The Balaban J connectivity index is 1.51. The van der Waals surface area contributed by atoms with Gasteiger partial charge < -0.3 is 14.2 Å². The van der Waals surface area contributed by atoms with Gasteiger partial charge in [0.05, 0.1) is 26.5 Å². The van der Waals surface area contributed by atoms with Crippen molar-refractivity contribution >= 4 is 22.9 Å². The normalized spacial score (nSPS) is 10.8. The van der Waals surface area contributed by atoms with Gasteiger partial charge in [-0.15, -0.1) is 11.3 Å². The van der Waals surface area contributed by atoms with Gasteiger partial charge in [-0.05, 0) is 42.5 Å². The molecule has 2 aromatic heterocycles. The maximum atomic E-state index is 12.3. The van der Waals surface area contributed by atoms with Crippen LogP contribution in [0.15, 0.2) is 57.2 Å². The largest absolute Gasteiger partial charge is 0.493 e. The second-order valence-electron chi connectivity index (χ2n) is 6.40. The highest BCUT2D eigenvalue weighted by molar-refractivity contribution is 7.09. The van der Waals surface area contributed by atoms with Crippen LogP contribution in [-0.2, 0) is 13.2 Å². The summed E-state index contributed by atoms with van der Waals surface area (Å²) in [5.74, 6) is 1.60. The van der Waals surface area contributed by atoms with Gasteiger partial charge in [0.1, 0.15) is 17.4 Å². The van der Waals surface area contributed by atoms with Crippen LogP contribution in [0.25, 0.3) is 11.4 Å². The molecule has 0 N–H and O–H groups in total. The fraction of sp³-hybridized carbons (Fsp3) is 0.190. The van der Waals surface area contributed by atoms with Gasteiger partial charge >= 0.3 is 5.76 Å². The second kappa shape index (κ2) is 9.23. The molecule has 0 spiro atoms. The number of hydrogen-bond donors (Lipinski definition) is 0. The van der Waals surface area contributed by atoms with Crippen LogP contribution in [0.2, 0.25) is 5.02 Å². The predicted molar refractivity (Wildman–Crippen MR) is 116 cm³/mol. The minimum atomic E-state index is -0.572. The van der Waals surface area contributed by atoms with Crippen LogP contribution in [-0.4, -0.2) is 28.9 Å². The number of hydrogen-bond acceptors (Lipinski definition) is 8. The van der Waals surface area contributed by atoms with Gasteiger partial charge in [0.2, 0.25) is 0 Å². The minimum Gasteiger partial charge on any atom is -0.493 e. The Labute approximate surface area is 186 Å². The first-order chi connectivity index (χ1) is 15.1. The van der Waals surface area contributed by atoms with Crippen LogP contribution < -0.4 is 20.0 Å². The Morgan fingerprint density at radius 3 is 2.61 bits per heavy atom. The lowest BCUT2D eigenvalue weighted by Gasteiger charge is -2.09. The third-order valence-electron chi connectivity index (χ3n) is 4.42. The Hall–Kier alpha value is -3.30.